The third-order valence-corrected chi connectivity index (χ3v) is 5.96. The molecule has 3 aromatic rings. The number of hydrogen-bond acceptors (Lipinski definition) is 8. The van der Waals surface area contributed by atoms with Crippen LogP contribution in [0.5, 0.6) is 0 Å². The van der Waals surface area contributed by atoms with Gasteiger partial charge in [-0.1, -0.05) is 30.3 Å². The molecule has 0 bridgehead atoms. The van der Waals surface area contributed by atoms with Crippen LogP contribution >= 0.6 is 0 Å². The fourth-order valence-electron chi connectivity index (χ4n) is 4.12. The highest BCUT2D eigenvalue weighted by Crippen LogP contribution is 2.35. The van der Waals surface area contributed by atoms with Gasteiger partial charge in [-0.15, -0.1) is 0 Å². The van der Waals surface area contributed by atoms with Gasteiger partial charge >= 0.3 is 6.18 Å². The zero-order valence-corrected chi connectivity index (χ0v) is 21.3. The van der Waals surface area contributed by atoms with E-state index in [0.29, 0.717) is 56.7 Å². The third-order valence-electron chi connectivity index (χ3n) is 5.96. The van der Waals surface area contributed by atoms with Crippen LogP contribution in [-0.2, 0) is 15.8 Å². The number of carbonyl (C=O) groups is 2. The Bertz CT molecular complexity index is 1280. The van der Waals surface area contributed by atoms with E-state index in [1.54, 1.807) is 11.0 Å². The lowest BCUT2D eigenvalue weighted by atomic mass is 10.2. The number of pyridine rings is 1. The quantitative estimate of drug-likeness (QED) is 0.354. The first-order valence-corrected chi connectivity index (χ1v) is 12.4. The van der Waals surface area contributed by atoms with Crippen molar-refractivity contribution in [2.45, 2.75) is 13.1 Å². The number of aromatic nitrogens is 3. The summed E-state index contributed by atoms with van der Waals surface area (Å²) >= 11 is 0. The number of alkyl halides is 3. The first kappa shape index (κ1) is 27.8. The van der Waals surface area contributed by atoms with Gasteiger partial charge in [-0.25, -0.2) is 15.0 Å². The number of piperazine rings is 1. The molecule has 1 aliphatic heterocycles. The average molecular weight is 543 g/mol. The minimum atomic E-state index is -4.49. The predicted molar refractivity (Wildman–Crippen MR) is 141 cm³/mol. The van der Waals surface area contributed by atoms with Crippen LogP contribution in [0.4, 0.5) is 30.6 Å². The predicted octanol–water partition coefficient (Wildman–Crippen LogP) is 2.87. The molecular formula is C26H29F3N8O2. The molecule has 4 rings (SSSR count). The van der Waals surface area contributed by atoms with Crippen LogP contribution in [-0.4, -0.2) is 77.5 Å². The van der Waals surface area contributed by atoms with Gasteiger partial charge < -0.3 is 20.9 Å². The lowest BCUT2D eigenvalue weighted by molar-refractivity contribution is -0.137. The second-order valence-corrected chi connectivity index (χ2v) is 8.92. The molecule has 0 unspecified atom stereocenters. The van der Waals surface area contributed by atoms with Gasteiger partial charge in [0.05, 0.1) is 12.1 Å². The van der Waals surface area contributed by atoms with Crippen LogP contribution in [0.25, 0.3) is 11.4 Å². The van der Waals surface area contributed by atoms with Crippen molar-refractivity contribution in [2.75, 3.05) is 61.3 Å². The number of amides is 2. The Labute approximate surface area is 223 Å². The number of hydrogen-bond donors (Lipinski definition) is 3. The fourth-order valence-corrected chi connectivity index (χ4v) is 4.12. The maximum Gasteiger partial charge on any atom is 0.419 e. The summed E-state index contributed by atoms with van der Waals surface area (Å²) in [6.07, 6.45) is -3.15. The molecule has 3 N–H and O–H groups in total. The topological polar surface area (TPSA) is 115 Å². The van der Waals surface area contributed by atoms with Gasteiger partial charge in [0.15, 0.2) is 5.82 Å². The maximum atomic E-state index is 13.4. The van der Waals surface area contributed by atoms with E-state index in [1.165, 1.54) is 19.2 Å². The summed E-state index contributed by atoms with van der Waals surface area (Å²) in [7, 11) is 0. The molecule has 1 fully saturated rings. The van der Waals surface area contributed by atoms with Crippen LogP contribution in [0, 0.1) is 0 Å². The third kappa shape index (κ3) is 7.87. The van der Waals surface area contributed by atoms with Gasteiger partial charge in [-0.05, 0) is 12.1 Å². The number of rotatable bonds is 9. The van der Waals surface area contributed by atoms with Gasteiger partial charge in [0.25, 0.3) is 0 Å². The number of halogens is 3. The molecule has 1 aliphatic rings. The molecular weight excluding hydrogens is 513 g/mol. The second kappa shape index (κ2) is 12.5. The first-order chi connectivity index (χ1) is 18.7. The first-order valence-electron chi connectivity index (χ1n) is 12.4. The summed E-state index contributed by atoms with van der Waals surface area (Å²) in [6, 6.07) is 13.2. The van der Waals surface area contributed by atoms with E-state index >= 15 is 0 Å². The Morgan fingerprint density at radius 2 is 1.67 bits per heavy atom. The van der Waals surface area contributed by atoms with Crippen molar-refractivity contribution < 1.29 is 22.8 Å². The maximum absolute atomic E-state index is 13.4. The molecule has 0 saturated carbocycles. The van der Waals surface area contributed by atoms with E-state index in [9.17, 15) is 22.8 Å². The highest BCUT2D eigenvalue weighted by Gasteiger charge is 2.36. The number of benzene rings is 1. The van der Waals surface area contributed by atoms with Crippen molar-refractivity contribution in [3.8, 4) is 11.4 Å². The summed E-state index contributed by atoms with van der Waals surface area (Å²) in [6.45, 7) is 3.73. The van der Waals surface area contributed by atoms with Crippen molar-refractivity contribution in [2.24, 2.45) is 0 Å². The van der Waals surface area contributed by atoms with E-state index < -0.39 is 11.7 Å². The molecule has 1 aromatic carbocycles. The molecule has 2 aromatic heterocycles. The number of carbonyl (C=O) groups excluding carboxylic acids is 2. The monoisotopic (exact) mass is 542 g/mol. The van der Waals surface area contributed by atoms with E-state index in [0.717, 1.165) is 11.6 Å². The SMILES string of the molecule is CC(=O)NCCNc1cc(NC(=O)CN2CCN(c3ncccc3C(F)(F)F)CC2)nc(-c2ccccc2)n1. The van der Waals surface area contributed by atoms with Crippen LogP contribution in [0.1, 0.15) is 12.5 Å². The minimum Gasteiger partial charge on any atom is -0.368 e. The Balaban J connectivity index is 1.38. The van der Waals surface area contributed by atoms with Crippen molar-refractivity contribution in [1.82, 2.24) is 25.2 Å². The highest BCUT2D eigenvalue weighted by molar-refractivity contribution is 5.92. The number of nitrogens with one attached hydrogen (secondary N) is 3. The van der Waals surface area contributed by atoms with E-state index in [-0.39, 0.29) is 24.2 Å². The summed E-state index contributed by atoms with van der Waals surface area (Å²) in [5.74, 6) is 0.659. The summed E-state index contributed by atoms with van der Waals surface area (Å²) < 4.78 is 40.1. The normalized spacial score (nSPS) is 14.1. The van der Waals surface area contributed by atoms with Gasteiger partial charge in [0.1, 0.15) is 17.5 Å². The molecule has 13 heteroatoms. The van der Waals surface area contributed by atoms with Crippen LogP contribution in [0.3, 0.4) is 0 Å². The molecule has 0 radical (unpaired) electrons. The lowest BCUT2D eigenvalue weighted by Crippen LogP contribution is -2.49. The van der Waals surface area contributed by atoms with Crippen LogP contribution < -0.4 is 20.9 Å². The second-order valence-electron chi connectivity index (χ2n) is 8.92. The van der Waals surface area contributed by atoms with Gasteiger partial charge in [0, 0.05) is 64.0 Å². The molecule has 1 saturated heterocycles. The molecule has 39 heavy (non-hydrogen) atoms. The lowest BCUT2D eigenvalue weighted by Gasteiger charge is -2.35. The smallest absolute Gasteiger partial charge is 0.368 e. The standard InChI is InChI=1S/C26H29F3N8O2/c1-18(38)30-10-11-31-21-16-22(35-24(34-21)19-6-3-2-4-7-19)33-23(39)17-36-12-14-37(15-13-36)25-20(26(27,28)29)8-5-9-32-25/h2-9,16H,10-15,17H2,1H3,(H,30,38)(H2,31,33,34,35,39). The van der Waals surface area contributed by atoms with E-state index in [2.05, 4.69) is 30.9 Å². The van der Waals surface area contributed by atoms with Gasteiger partial charge in [0.2, 0.25) is 11.8 Å². The van der Waals surface area contributed by atoms with E-state index in [4.69, 9.17) is 0 Å². The van der Waals surface area contributed by atoms with Gasteiger partial charge in [-0.2, -0.15) is 13.2 Å². The molecule has 0 aliphatic carbocycles. The molecule has 0 spiro atoms. The molecule has 206 valence electrons. The fraction of sp³-hybridized carbons (Fsp3) is 0.346. The molecule has 10 nitrogen and oxygen atoms in total. The van der Waals surface area contributed by atoms with E-state index in [1.807, 2.05) is 35.2 Å². The molecule has 3 heterocycles. The largest absolute Gasteiger partial charge is 0.419 e. The highest BCUT2D eigenvalue weighted by atomic mass is 19.4. The average Bonchev–Trinajstić information content (AvgIpc) is 2.91. The molecule has 2 amide bonds. The minimum absolute atomic E-state index is 0.0537. The van der Waals surface area contributed by atoms with Crippen LogP contribution in [0.15, 0.2) is 54.7 Å². The number of nitrogens with zero attached hydrogens (tertiary/aromatic N) is 5. The Hall–Kier alpha value is -4.26. The summed E-state index contributed by atoms with van der Waals surface area (Å²) in [4.78, 5) is 40.4. The Morgan fingerprint density at radius 3 is 2.36 bits per heavy atom. The van der Waals surface area contributed by atoms with Crippen LogP contribution in [0.2, 0.25) is 0 Å². The zero-order chi connectivity index (χ0) is 27.8. The van der Waals surface area contributed by atoms with Crippen molar-refractivity contribution in [1.29, 1.82) is 0 Å². The molecule has 0 atom stereocenters. The Morgan fingerprint density at radius 1 is 0.949 bits per heavy atom. The van der Waals surface area contributed by atoms with Gasteiger partial charge in [-0.3, -0.25) is 14.5 Å². The summed E-state index contributed by atoms with van der Waals surface area (Å²) in [5, 5.41) is 8.62. The van der Waals surface area contributed by atoms with Crippen molar-refractivity contribution in [3.05, 3.63) is 60.3 Å². The zero-order valence-electron chi connectivity index (χ0n) is 21.3. The Kier molecular flexibility index (Phi) is 8.92. The van der Waals surface area contributed by atoms with Crippen molar-refractivity contribution in [3.63, 3.8) is 0 Å². The number of anilines is 3. The summed E-state index contributed by atoms with van der Waals surface area (Å²) in [5.41, 5.74) is -0.00181. The van der Waals surface area contributed by atoms with Crippen molar-refractivity contribution >= 4 is 29.3 Å².